The average molecular weight is 222 g/mol. The van der Waals surface area contributed by atoms with Gasteiger partial charge in [0.1, 0.15) is 0 Å². The number of ether oxygens (including phenoxy) is 1. The van der Waals surface area contributed by atoms with Crippen LogP contribution in [-0.4, -0.2) is 17.7 Å². The van der Waals surface area contributed by atoms with Crippen molar-refractivity contribution in [3.63, 3.8) is 0 Å². The lowest BCUT2D eigenvalue weighted by Gasteiger charge is -2.22. The minimum atomic E-state index is -0.649. The number of rotatable bonds is 4. The second kappa shape index (κ2) is 5.12. The van der Waals surface area contributed by atoms with Crippen molar-refractivity contribution in [1.29, 1.82) is 0 Å². The molecule has 0 heterocycles. The largest absolute Gasteiger partial charge is 0.465 e. The Morgan fingerprint density at radius 1 is 1.31 bits per heavy atom. The third kappa shape index (κ3) is 2.61. The predicted octanol–water partition coefficient (Wildman–Crippen LogP) is 2.02. The number of aliphatic hydroxyl groups is 1. The molecule has 3 heteroatoms. The third-order valence-corrected chi connectivity index (χ3v) is 2.64. The molecule has 0 aliphatic carbocycles. The molecule has 16 heavy (non-hydrogen) atoms. The average Bonchev–Trinajstić information content (AvgIpc) is 2.29. The third-order valence-electron chi connectivity index (χ3n) is 2.64. The molecular weight excluding hydrogens is 204 g/mol. The summed E-state index contributed by atoms with van der Waals surface area (Å²) in [6.45, 7) is 5.86. The van der Waals surface area contributed by atoms with Crippen LogP contribution in [0.25, 0.3) is 0 Å². The van der Waals surface area contributed by atoms with E-state index in [-0.39, 0.29) is 12.6 Å². The molecule has 1 rings (SSSR count). The van der Waals surface area contributed by atoms with Crippen LogP contribution in [0.1, 0.15) is 31.9 Å². The fraction of sp³-hybridized carbons (Fsp3) is 0.462. The summed E-state index contributed by atoms with van der Waals surface area (Å²) in [5, 5.41) is 8.93. The van der Waals surface area contributed by atoms with Crippen molar-refractivity contribution in [3.05, 3.63) is 35.4 Å². The molecule has 0 fully saturated rings. The number of aliphatic hydroxyl groups excluding tert-OH is 1. The number of hydrogen-bond donors (Lipinski definition) is 1. The topological polar surface area (TPSA) is 46.5 Å². The molecule has 0 aliphatic rings. The molecule has 0 amide bonds. The highest BCUT2D eigenvalue weighted by atomic mass is 16.5. The van der Waals surface area contributed by atoms with E-state index in [0.717, 1.165) is 11.1 Å². The Balaban J connectivity index is 2.93. The van der Waals surface area contributed by atoms with Crippen LogP contribution in [0.2, 0.25) is 0 Å². The predicted molar refractivity (Wildman–Crippen MR) is 62.0 cm³/mol. The lowest BCUT2D eigenvalue weighted by atomic mass is 9.84. The molecule has 0 spiro atoms. The van der Waals surface area contributed by atoms with E-state index in [0.29, 0.717) is 6.61 Å². The van der Waals surface area contributed by atoms with Gasteiger partial charge < -0.3 is 9.84 Å². The summed E-state index contributed by atoms with van der Waals surface area (Å²) >= 11 is 0. The Morgan fingerprint density at radius 2 is 1.88 bits per heavy atom. The van der Waals surface area contributed by atoms with E-state index in [4.69, 9.17) is 9.84 Å². The minimum Gasteiger partial charge on any atom is -0.465 e. The number of benzene rings is 1. The van der Waals surface area contributed by atoms with E-state index in [1.165, 1.54) is 0 Å². The Labute approximate surface area is 96.1 Å². The summed E-state index contributed by atoms with van der Waals surface area (Å²) < 4.78 is 5.03. The second-order valence-corrected chi connectivity index (χ2v) is 4.20. The Kier molecular flexibility index (Phi) is 4.07. The summed E-state index contributed by atoms with van der Waals surface area (Å²) in [6.07, 6.45) is 0. The maximum atomic E-state index is 11.7. The molecule has 1 aromatic rings. The number of esters is 1. The van der Waals surface area contributed by atoms with Gasteiger partial charge in [-0.1, -0.05) is 24.3 Å². The molecule has 0 aliphatic heterocycles. The monoisotopic (exact) mass is 222 g/mol. The van der Waals surface area contributed by atoms with Gasteiger partial charge in [-0.15, -0.1) is 0 Å². The van der Waals surface area contributed by atoms with Crippen LogP contribution < -0.4 is 0 Å². The molecule has 0 radical (unpaired) electrons. The second-order valence-electron chi connectivity index (χ2n) is 4.20. The van der Waals surface area contributed by atoms with Gasteiger partial charge in [0.2, 0.25) is 0 Å². The standard InChI is InChI=1S/C13H18O3/c1-4-16-12(15)13(2,3)11-7-5-10(9-14)6-8-11/h5-8,14H,4,9H2,1-3H3. The van der Waals surface area contributed by atoms with Crippen molar-refractivity contribution < 1.29 is 14.6 Å². The molecule has 0 atom stereocenters. The quantitative estimate of drug-likeness (QED) is 0.793. The molecule has 0 aromatic heterocycles. The highest BCUT2D eigenvalue weighted by molar-refractivity contribution is 5.82. The van der Waals surface area contributed by atoms with Crippen molar-refractivity contribution in [2.24, 2.45) is 0 Å². The van der Waals surface area contributed by atoms with Crippen LogP contribution in [0.4, 0.5) is 0 Å². The van der Waals surface area contributed by atoms with E-state index >= 15 is 0 Å². The first-order valence-electron chi connectivity index (χ1n) is 5.40. The molecular formula is C13H18O3. The van der Waals surface area contributed by atoms with Crippen LogP contribution in [-0.2, 0) is 21.6 Å². The number of carbonyl (C=O) groups excluding carboxylic acids is 1. The smallest absolute Gasteiger partial charge is 0.315 e. The van der Waals surface area contributed by atoms with Crippen molar-refractivity contribution in [1.82, 2.24) is 0 Å². The van der Waals surface area contributed by atoms with Crippen molar-refractivity contribution in [2.75, 3.05) is 6.61 Å². The summed E-state index contributed by atoms with van der Waals surface area (Å²) in [5.41, 5.74) is 1.08. The van der Waals surface area contributed by atoms with Crippen molar-refractivity contribution >= 4 is 5.97 Å². The minimum absolute atomic E-state index is 0.0140. The zero-order valence-corrected chi connectivity index (χ0v) is 9.99. The molecule has 1 aromatic carbocycles. The fourth-order valence-electron chi connectivity index (χ4n) is 1.46. The van der Waals surface area contributed by atoms with Crippen LogP contribution in [0, 0.1) is 0 Å². The van der Waals surface area contributed by atoms with Crippen LogP contribution in [0.5, 0.6) is 0 Å². The molecule has 3 nitrogen and oxygen atoms in total. The first-order chi connectivity index (χ1) is 7.52. The molecule has 0 saturated heterocycles. The van der Waals surface area contributed by atoms with Gasteiger partial charge in [0, 0.05) is 0 Å². The van der Waals surface area contributed by atoms with E-state index in [1.807, 2.05) is 38.1 Å². The summed E-state index contributed by atoms with van der Waals surface area (Å²) in [4.78, 5) is 11.7. The zero-order chi connectivity index (χ0) is 12.2. The first-order valence-corrected chi connectivity index (χ1v) is 5.40. The van der Waals surface area contributed by atoms with Gasteiger partial charge >= 0.3 is 5.97 Å². The molecule has 0 bridgehead atoms. The first kappa shape index (κ1) is 12.7. The molecule has 88 valence electrons. The van der Waals surface area contributed by atoms with Gasteiger partial charge in [-0.2, -0.15) is 0 Å². The SMILES string of the molecule is CCOC(=O)C(C)(C)c1ccc(CO)cc1. The number of carbonyl (C=O) groups is 1. The Morgan fingerprint density at radius 3 is 2.31 bits per heavy atom. The summed E-state index contributed by atoms with van der Waals surface area (Å²) in [7, 11) is 0. The summed E-state index contributed by atoms with van der Waals surface area (Å²) in [5.74, 6) is -0.230. The highest BCUT2D eigenvalue weighted by Crippen LogP contribution is 2.25. The van der Waals surface area contributed by atoms with Gasteiger partial charge in [-0.05, 0) is 31.9 Å². The maximum absolute atomic E-state index is 11.7. The van der Waals surface area contributed by atoms with E-state index in [9.17, 15) is 4.79 Å². The molecule has 1 N–H and O–H groups in total. The van der Waals surface area contributed by atoms with Gasteiger partial charge in [0.15, 0.2) is 0 Å². The Hall–Kier alpha value is -1.35. The maximum Gasteiger partial charge on any atom is 0.315 e. The van der Waals surface area contributed by atoms with Crippen LogP contribution >= 0.6 is 0 Å². The van der Waals surface area contributed by atoms with Gasteiger partial charge in [0.25, 0.3) is 0 Å². The van der Waals surface area contributed by atoms with Gasteiger partial charge in [-0.25, -0.2) is 0 Å². The summed E-state index contributed by atoms with van der Waals surface area (Å²) in [6, 6.07) is 7.33. The number of hydrogen-bond acceptors (Lipinski definition) is 3. The normalized spacial score (nSPS) is 11.2. The van der Waals surface area contributed by atoms with Crippen molar-refractivity contribution in [3.8, 4) is 0 Å². The lowest BCUT2D eigenvalue weighted by Crippen LogP contribution is -2.31. The van der Waals surface area contributed by atoms with Crippen molar-refractivity contribution in [2.45, 2.75) is 32.8 Å². The van der Waals surface area contributed by atoms with Gasteiger partial charge in [-0.3, -0.25) is 4.79 Å². The van der Waals surface area contributed by atoms with Crippen LogP contribution in [0.15, 0.2) is 24.3 Å². The zero-order valence-electron chi connectivity index (χ0n) is 9.99. The van der Waals surface area contributed by atoms with E-state index < -0.39 is 5.41 Å². The van der Waals surface area contributed by atoms with E-state index in [2.05, 4.69) is 0 Å². The van der Waals surface area contributed by atoms with Gasteiger partial charge in [0.05, 0.1) is 18.6 Å². The molecule has 0 saturated carbocycles. The highest BCUT2D eigenvalue weighted by Gasteiger charge is 2.31. The Bertz CT molecular complexity index is 352. The molecule has 0 unspecified atom stereocenters. The lowest BCUT2D eigenvalue weighted by molar-refractivity contribution is -0.148. The fourth-order valence-corrected chi connectivity index (χ4v) is 1.46. The van der Waals surface area contributed by atoms with Crippen LogP contribution in [0.3, 0.4) is 0 Å². The van der Waals surface area contributed by atoms with E-state index in [1.54, 1.807) is 6.92 Å².